The van der Waals surface area contributed by atoms with Gasteiger partial charge in [-0.3, -0.25) is 0 Å². The third-order valence-corrected chi connectivity index (χ3v) is 3.46. The number of hydrogen-bond donors (Lipinski definition) is 2. The molecule has 0 aliphatic carbocycles. The summed E-state index contributed by atoms with van der Waals surface area (Å²) in [5.41, 5.74) is 2.01. The van der Waals surface area contributed by atoms with Crippen molar-refractivity contribution in [2.24, 2.45) is 0 Å². The van der Waals surface area contributed by atoms with Gasteiger partial charge in [0.15, 0.2) is 0 Å². The lowest BCUT2D eigenvalue weighted by atomic mass is 10.1. The molecule has 0 aromatic heterocycles. The second-order valence-electron chi connectivity index (χ2n) is 5.07. The zero-order valence-corrected chi connectivity index (χ0v) is 12.0. The van der Waals surface area contributed by atoms with Gasteiger partial charge in [-0.15, -0.1) is 0 Å². The summed E-state index contributed by atoms with van der Waals surface area (Å²) in [6, 6.07) is 13.2. The molecule has 2 aromatic carbocycles. The van der Waals surface area contributed by atoms with Crippen LogP contribution >= 0.6 is 0 Å². The van der Waals surface area contributed by atoms with Crippen molar-refractivity contribution < 1.29 is 14.6 Å². The first-order valence-electron chi connectivity index (χ1n) is 7.22. The van der Waals surface area contributed by atoms with Gasteiger partial charge >= 0.3 is 0 Å². The number of anilines is 1. The molecule has 1 atom stereocenters. The Morgan fingerprint density at radius 2 is 2.14 bits per heavy atom. The SMILES string of the molecule is CCCOc1ccccc1NC1COc2cc(O)ccc21. The highest BCUT2D eigenvalue weighted by atomic mass is 16.5. The van der Waals surface area contributed by atoms with Crippen LogP contribution in [-0.4, -0.2) is 18.3 Å². The van der Waals surface area contributed by atoms with E-state index in [9.17, 15) is 5.11 Å². The molecule has 2 aromatic rings. The van der Waals surface area contributed by atoms with Crippen molar-refractivity contribution in [3.63, 3.8) is 0 Å². The van der Waals surface area contributed by atoms with Crippen molar-refractivity contribution >= 4 is 5.69 Å². The van der Waals surface area contributed by atoms with Gasteiger partial charge in [0.25, 0.3) is 0 Å². The van der Waals surface area contributed by atoms with Crippen LogP contribution in [0, 0.1) is 0 Å². The molecule has 2 N–H and O–H groups in total. The molecule has 4 nitrogen and oxygen atoms in total. The van der Waals surface area contributed by atoms with Crippen molar-refractivity contribution in [2.75, 3.05) is 18.5 Å². The van der Waals surface area contributed by atoms with Crippen molar-refractivity contribution in [1.82, 2.24) is 0 Å². The van der Waals surface area contributed by atoms with Crippen LogP contribution in [0.3, 0.4) is 0 Å². The summed E-state index contributed by atoms with van der Waals surface area (Å²) < 4.78 is 11.4. The number of nitrogens with one attached hydrogen (secondary N) is 1. The van der Waals surface area contributed by atoms with Gasteiger partial charge in [-0.05, 0) is 30.7 Å². The molecule has 21 heavy (non-hydrogen) atoms. The normalized spacial score (nSPS) is 16.1. The lowest BCUT2D eigenvalue weighted by Crippen LogP contribution is -2.13. The third kappa shape index (κ3) is 2.89. The van der Waals surface area contributed by atoms with Crippen LogP contribution in [0.4, 0.5) is 5.69 Å². The molecule has 0 amide bonds. The zero-order valence-electron chi connectivity index (χ0n) is 12.0. The summed E-state index contributed by atoms with van der Waals surface area (Å²) in [5, 5.41) is 13.0. The summed E-state index contributed by atoms with van der Waals surface area (Å²) in [5.74, 6) is 1.81. The summed E-state index contributed by atoms with van der Waals surface area (Å²) in [6.45, 7) is 3.33. The number of ether oxygens (including phenoxy) is 2. The van der Waals surface area contributed by atoms with E-state index in [4.69, 9.17) is 9.47 Å². The van der Waals surface area contributed by atoms with Crippen LogP contribution in [0.1, 0.15) is 24.9 Å². The van der Waals surface area contributed by atoms with Crippen molar-refractivity contribution in [3.8, 4) is 17.2 Å². The molecule has 0 bridgehead atoms. The van der Waals surface area contributed by atoms with Gasteiger partial charge in [0.05, 0.1) is 18.3 Å². The lowest BCUT2D eigenvalue weighted by Gasteiger charge is -2.17. The van der Waals surface area contributed by atoms with Crippen LogP contribution in [0.15, 0.2) is 42.5 Å². The molecule has 1 aliphatic heterocycles. The lowest BCUT2D eigenvalue weighted by molar-refractivity contribution is 0.317. The second kappa shape index (κ2) is 5.95. The van der Waals surface area contributed by atoms with Gasteiger partial charge in [-0.25, -0.2) is 0 Å². The fourth-order valence-electron chi connectivity index (χ4n) is 2.43. The van der Waals surface area contributed by atoms with Crippen LogP contribution in [-0.2, 0) is 0 Å². The minimum atomic E-state index is 0.0620. The molecule has 110 valence electrons. The molecule has 1 aliphatic rings. The quantitative estimate of drug-likeness (QED) is 0.879. The van der Waals surface area contributed by atoms with E-state index in [1.165, 1.54) is 0 Å². The maximum Gasteiger partial charge on any atom is 0.142 e. The van der Waals surface area contributed by atoms with Gasteiger partial charge in [0.1, 0.15) is 23.9 Å². The maximum atomic E-state index is 9.49. The molecule has 0 fully saturated rings. The molecule has 0 radical (unpaired) electrons. The third-order valence-electron chi connectivity index (χ3n) is 3.46. The summed E-state index contributed by atoms with van der Waals surface area (Å²) in [7, 11) is 0. The Kier molecular flexibility index (Phi) is 3.86. The number of rotatable bonds is 5. The monoisotopic (exact) mass is 285 g/mol. The smallest absolute Gasteiger partial charge is 0.142 e. The van der Waals surface area contributed by atoms with E-state index in [1.807, 2.05) is 30.3 Å². The Bertz CT molecular complexity index is 627. The van der Waals surface area contributed by atoms with Crippen LogP contribution in [0.25, 0.3) is 0 Å². The Hall–Kier alpha value is -2.36. The largest absolute Gasteiger partial charge is 0.508 e. The Balaban J connectivity index is 1.80. The number of benzene rings is 2. The topological polar surface area (TPSA) is 50.7 Å². The van der Waals surface area contributed by atoms with E-state index >= 15 is 0 Å². The van der Waals surface area contributed by atoms with Gasteiger partial charge in [0.2, 0.25) is 0 Å². The molecule has 1 heterocycles. The summed E-state index contributed by atoms with van der Waals surface area (Å²) in [6.07, 6.45) is 0.975. The number of para-hydroxylation sites is 2. The van der Waals surface area contributed by atoms with E-state index in [0.717, 1.165) is 29.2 Å². The predicted molar refractivity (Wildman–Crippen MR) is 82.2 cm³/mol. The second-order valence-corrected chi connectivity index (χ2v) is 5.07. The molecule has 3 rings (SSSR count). The average Bonchev–Trinajstić information content (AvgIpc) is 2.88. The standard InChI is InChI=1S/C17H19NO3/c1-2-9-20-16-6-4-3-5-14(16)18-15-11-21-17-10-12(19)7-8-13(15)17/h3-8,10,15,18-19H,2,9,11H2,1H3. The Morgan fingerprint density at radius 1 is 1.29 bits per heavy atom. The van der Waals surface area contributed by atoms with E-state index in [0.29, 0.717) is 13.2 Å². The van der Waals surface area contributed by atoms with E-state index in [1.54, 1.807) is 12.1 Å². The summed E-state index contributed by atoms with van der Waals surface area (Å²) in [4.78, 5) is 0. The number of aromatic hydroxyl groups is 1. The van der Waals surface area contributed by atoms with E-state index in [2.05, 4.69) is 12.2 Å². The number of hydrogen-bond acceptors (Lipinski definition) is 4. The Labute approximate surface area is 124 Å². The van der Waals surface area contributed by atoms with E-state index < -0.39 is 0 Å². The highest BCUT2D eigenvalue weighted by Crippen LogP contribution is 2.38. The Morgan fingerprint density at radius 3 is 3.00 bits per heavy atom. The van der Waals surface area contributed by atoms with Crippen LogP contribution < -0.4 is 14.8 Å². The number of fused-ring (bicyclic) bond motifs is 1. The van der Waals surface area contributed by atoms with Crippen LogP contribution in [0.2, 0.25) is 0 Å². The molecule has 4 heteroatoms. The molecular weight excluding hydrogens is 266 g/mol. The zero-order chi connectivity index (χ0) is 14.7. The van der Waals surface area contributed by atoms with Gasteiger partial charge in [-0.1, -0.05) is 19.1 Å². The van der Waals surface area contributed by atoms with Gasteiger partial charge < -0.3 is 19.9 Å². The highest BCUT2D eigenvalue weighted by molar-refractivity contribution is 5.59. The molecule has 0 saturated heterocycles. The molecule has 1 unspecified atom stereocenters. The van der Waals surface area contributed by atoms with Crippen molar-refractivity contribution in [3.05, 3.63) is 48.0 Å². The highest BCUT2D eigenvalue weighted by Gasteiger charge is 2.25. The van der Waals surface area contributed by atoms with Crippen molar-refractivity contribution in [1.29, 1.82) is 0 Å². The fourth-order valence-corrected chi connectivity index (χ4v) is 2.43. The first-order valence-corrected chi connectivity index (χ1v) is 7.22. The number of phenols is 1. The molecule has 0 spiro atoms. The molecule has 0 saturated carbocycles. The average molecular weight is 285 g/mol. The van der Waals surface area contributed by atoms with Crippen LogP contribution in [0.5, 0.6) is 17.2 Å². The van der Waals surface area contributed by atoms with Gasteiger partial charge in [-0.2, -0.15) is 0 Å². The van der Waals surface area contributed by atoms with E-state index in [-0.39, 0.29) is 11.8 Å². The predicted octanol–water partition coefficient (Wildman–Crippen LogP) is 3.73. The number of phenolic OH excluding ortho intramolecular Hbond substituents is 1. The summed E-state index contributed by atoms with van der Waals surface area (Å²) >= 11 is 0. The first kappa shape index (κ1) is 13.6. The fraction of sp³-hybridized carbons (Fsp3) is 0.294. The van der Waals surface area contributed by atoms with Crippen molar-refractivity contribution in [2.45, 2.75) is 19.4 Å². The minimum absolute atomic E-state index is 0.0620. The first-order chi connectivity index (χ1) is 10.3. The maximum absolute atomic E-state index is 9.49. The molecular formula is C17H19NO3. The van der Waals surface area contributed by atoms with Gasteiger partial charge in [0, 0.05) is 11.6 Å². The minimum Gasteiger partial charge on any atom is -0.508 e.